The quantitative estimate of drug-likeness (QED) is 0.583. The van der Waals surface area contributed by atoms with Crippen LogP contribution in [0.1, 0.15) is 31.4 Å². The van der Waals surface area contributed by atoms with Crippen molar-refractivity contribution >= 4 is 45.7 Å². The monoisotopic (exact) mass is 431 g/mol. The van der Waals surface area contributed by atoms with Crippen molar-refractivity contribution in [2.75, 3.05) is 18.4 Å². The zero-order valence-electron chi connectivity index (χ0n) is 17.7. The van der Waals surface area contributed by atoms with E-state index in [-0.39, 0.29) is 11.8 Å². The van der Waals surface area contributed by atoms with Crippen LogP contribution in [-0.4, -0.2) is 39.5 Å². The van der Waals surface area contributed by atoms with Gasteiger partial charge in [-0.2, -0.15) is 0 Å². The van der Waals surface area contributed by atoms with E-state index in [1.54, 1.807) is 11.8 Å². The molecule has 5 nitrogen and oxygen atoms in total. The van der Waals surface area contributed by atoms with E-state index >= 15 is 0 Å². The molecule has 2 N–H and O–H groups in total. The molecular formula is C25H25N3O2S. The minimum Gasteiger partial charge on any atom is -0.360 e. The second kappa shape index (κ2) is 7.61. The maximum absolute atomic E-state index is 13.4. The highest BCUT2D eigenvalue weighted by Gasteiger charge is 2.47. The molecule has 0 radical (unpaired) electrons. The highest BCUT2D eigenvalue weighted by atomic mass is 32.2. The lowest BCUT2D eigenvalue weighted by Crippen LogP contribution is -2.54. The van der Waals surface area contributed by atoms with E-state index in [1.807, 2.05) is 24.3 Å². The van der Waals surface area contributed by atoms with Crippen LogP contribution < -0.4 is 5.32 Å². The molecule has 1 atom stereocenters. The molecular weight excluding hydrogens is 406 g/mol. The predicted molar refractivity (Wildman–Crippen MR) is 126 cm³/mol. The van der Waals surface area contributed by atoms with Gasteiger partial charge in [-0.25, -0.2) is 0 Å². The Balaban J connectivity index is 1.38. The number of fused-ring (bicyclic) bond motifs is 2. The molecule has 158 valence electrons. The van der Waals surface area contributed by atoms with E-state index in [0.717, 1.165) is 23.4 Å². The molecule has 2 amide bonds. The fraction of sp³-hybridized carbons (Fsp3) is 0.280. The molecule has 6 heteroatoms. The number of benzene rings is 2. The van der Waals surface area contributed by atoms with Gasteiger partial charge in [0.1, 0.15) is 0 Å². The Kier molecular flexibility index (Phi) is 4.89. The van der Waals surface area contributed by atoms with Crippen molar-refractivity contribution in [3.8, 4) is 0 Å². The van der Waals surface area contributed by atoms with Crippen LogP contribution in [0.25, 0.3) is 16.5 Å². The first-order chi connectivity index (χ1) is 15.0. The number of H-pyrrole nitrogens is 1. The summed E-state index contributed by atoms with van der Waals surface area (Å²) >= 11 is 1.34. The average Bonchev–Trinajstić information content (AvgIpc) is 3.24. The number of thioether (sulfide) groups is 1. The van der Waals surface area contributed by atoms with E-state index in [2.05, 4.69) is 47.7 Å². The fourth-order valence-electron chi connectivity index (χ4n) is 4.48. The topological polar surface area (TPSA) is 65.2 Å². The SMILES string of the molecule is CCc1cccc2c(C3=CCN(C(=O)C4(C)Sc5ccccc5NC4=O)CC3)c[nH]c12. The lowest BCUT2D eigenvalue weighted by molar-refractivity contribution is -0.137. The first-order valence-electron chi connectivity index (χ1n) is 10.7. The second-order valence-corrected chi connectivity index (χ2v) is 9.67. The van der Waals surface area contributed by atoms with E-state index < -0.39 is 4.75 Å². The van der Waals surface area contributed by atoms with Crippen LogP contribution in [0.2, 0.25) is 0 Å². The Morgan fingerprint density at radius 1 is 1.19 bits per heavy atom. The summed E-state index contributed by atoms with van der Waals surface area (Å²) in [5, 5.41) is 4.14. The molecule has 3 aromatic rings. The zero-order chi connectivity index (χ0) is 21.6. The summed E-state index contributed by atoms with van der Waals surface area (Å²) in [6.45, 7) is 5.02. The van der Waals surface area contributed by atoms with Gasteiger partial charge < -0.3 is 15.2 Å². The first-order valence-corrected chi connectivity index (χ1v) is 11.5. The number of nitrogens with zero attached hydrogens (tertiary/aromatic N) is 1. The maximum Gasteiger partial charge on any atom is 0.250 e. The molecule has 0 bridgehead atoms. The minimum absolute atomic E-state index is 0.132. The van der Waals surface area contributed by atoms with Crippen molar-refractivity contribution in [2.24, 2.45) is 0 Å². The molecule has 0 aliphatic carbocycles. The van der Waals surface area contributed by atoms with E-state index in [9.17, 15) is 9.59 Å². The molecule has 31 heavy (non-hydrogen) atoms. The molecule has 2 aliphatic rings. The average molecular weight is 432 g/mol. The Bertz CT molecular complexity index is 1230. The van der Waals surface area contributed by atoms with Crippen LogP contribution in [-0.2, 0) is 16.0 Å². The number of hydrogen-bond acceptors (Lipinski definition) is 3. The largest absolute Gasteiger partial charge is 0.360 e. The van der Waals surface area contributed by atoms with Crippen LogP contribution in [0.3, 0.4) is 0 Å². The van der Waals surface area contributed by atoms with E-state index in [1.165, 1.54) is 39.4 Å². The molecule has 0 saturated carbocycles. The number of aromatic nitrogens is 1. The van der Waals surface area contributed by atoms with Gasteiger partial charge in [0, 0.05) is 40.6 Å². The predicted octanol–water partition coefficient (Wildman–Crippen LogP) is 4.85. The van der Waals surface area contributed by atoms with Crippen molar-refractivity contribution in [1.82, 2.24) is 9.88 Å². The van der Waals surface area contributed by atoms with Crippen molar-refractivity contribution < 1.29 is 9.59 Å². The third kappa shape index (κ3) is 3.26. The Morgan fingerprint density at radius 3 is 2.81 bits per heavy atom. The number of carbonyl (C=O) groups excluding carboxylic acids is 2. The molecule has 3 heterocycles. The Labute approximate surface area is 185 Å². The summed E-state index contributed by atoms with van der Waals surface area (Å²) in [5.74, 6) is -0.383. The summed E-state index contributed by atoms with van der Waals surface area (Å²) in [7, 11) is 0. The summed E-state index contributed by atoms with van der Waals surface area (Å²) < 4.78 is -1.16. The number of carbonyl (C=O) groups is 2. The molecule has 0 spiro atoms. The third-order valence-electron chi connectivity index (χ3n) is 6.32. The van der Waals surface area contributed by atoms with Crippen LogP contribution in [0, 0.1) is 0 Å². The van der Waals surface area contributed by atoms with E-state index in [4.69, 9.17) is 0 Å². The van der Waals surface area contributed by atoms with Gasteiger partial charge in [-0.3, -0.25) is 9.59 Å². The standard InChI is InChI=1S/C25H25N3O2S/c1-3-16-7-6-8-18-19(15-26-22(16)18)17-11-13-28(14-12-17)24(30)25(2)23(29)27-20-9-4-5-10-21(20)31-25/h4-11,15,26H,3,12-14H2,1-2H3,(H,27,29). The van der Waals surface area contributed by atoms with Crippen molar-refractivity contribution in [1.29, 1.82) is 0 Å². The molecule has 0 fully saturated rings. The number of rotatable bonds is 3. The molecule has 1 unspecified atom stereocenters. The number of anilines is 1. The molecule has 0 saturated heterocycles. The number of para-hydroxylation sites is 2. The smallest absolute Gasteiger partial charge is 0.250 e. The number of amides is 2. The summed E-state index contributed by atoms with van der Waals surface area (Å²) in [5.41, 5.74) is 5.74. The lowest BCUT2D eigenvalue weighted by Gasteiger charge is -2.37. The zero-order valence-corrected chi connectivity index (χ0v) is 18.5. The highest BCUT2D eigenvalue weighted by molar-refractivity contribution is 8.02. The van der Waals surface area contributed by atoms with Gasteiger partial charge in [0.25, 0.3) is 0 Å². The first kappa shape index (κ1) is 19.9. The Hall–Kier alpha value is -2.99. The number of aryl methyl sites for hydroxylation is 1. The van der Waals surface area contributed by atoms with Crippen LogP contribution in [0.4, 0.5) is 5.69 Å². The van der Waals surface area contributed by atoms with Crippen LogP contribution in [0.5, 0.6) is 0 Å². The van der Waals surface area contributed by atoms with Crippen molar-refractivity contribution in [3.05, 3.63) is 65.9 Å². The number of aromatic amines is 1. The summed E-state index contributed by atoms with van der Waals surface area (Å²) in [6, 6.07) is 14.0. The minimum atomic E-state index is -1.16. The fourth-order valence-corrected chi connectivity index (χ4v) is 5.66. The number of nitrogens with one attached hydrogen (secondary N) is 2. The summed E-state index contributed by atoms with van der Waals surface area (Å²) in [4.78, 5) is 32.4. The molecule has 2 aromatic carbocycles. The molecule has 2 aliphatic heterocycles. The van der Waals surface area contributed by atoms with Gasteiger partial charge in [0.2, 0.25) is 11.8 Å². The van der Waals surface area contributed by atoms with Gasteiger partial charge in [-0.05, 0) is 43.0 Å². The normalized spacial score (nSPS) is 20.9. The van der Waals surface area contributed by atoms with Gasteiger partial charge in [-0.1, -0.05) is 55.1 Å². The van der Waals surface area contributed by atoms with Gasteiger partial charge in [-0.15, -0.1) is 0 Å². The highest BCUT2D eigenvalue weighted by Crippen LogP contribution is 2.43. The molecule has 1 aromatic heterocycles. The van der Waals surface area contributed by atoms with Gasteiger partial charge >= 0.3 is 0 Å². The maximum atomic E-state index is 13.4. The van der Waals surface area contributed by atoms with Crippen LogP contribution >= 0.6 is 11.8 Å². The lowest BCUT2D eigenvalue weighted by atomic mass is 9.96. The van der Waals surface area contributed by atoms with Crippen molar-refractivity contribution in [2.45, 2.75) is 36.3 Å². The van der Waals surface area contributed by atoms with Gasteiger partial charge in [0.15, 0.2) is 4.75 Å². The third-order valence-corrected chi connectivity index (χ3v) is 7.66. The second-order valence-electron chi connectivity index (χ2n) is 8.21. The number of hydrogen-bond donors (Lipinski definition) is 2. The van der Waals surface area contributed by atoms with Crippen LogP contribution in [0.15, 0.2) is 59.6 Å². The van der Waals surface area contributed by atoms with E-state index in [0.29, 0.717) is 13.1 Å². The van der Waals surface area contributed by atoms with Crippen molar-refractivity contribution in [3.63, 3.8) is 0 Å². The summed E-state index contributed by atoms with van der Waals surface area (Å²) in [6.07, 6.45) is 5.97. The van der Waals surface area contributed by atoms with Gasteiger partial charge in [0.05, 0.1) is 5.69 Å². The molecule has 5 rings (SSSR count). The Morgan fingerprint density at radius 2 is 2.03 bits per heavy atom.